The fourth-order valence-corrected chi connectivity index (χ4v) is 2.33. The lowest BCUT2D eigenvalue weighted by Gasteiger charge is -2.13. The van der Waals surface area contributed by atoms with Gasteiger partial charge in [0.1, 0.15) is 0 Å². The van der Waals surface area contributed by atoms with Gasteiger partial charge in [0.15, 0.2) is 17.5 Å². The summed E-state index contributed by atoms with van der Waals surface area (Å²) in [5.41, 5.74) is 3.41. The van der Waals surface area contributed by atoms with Crippen molar-refractivity contribution in [1.82, 2.24) is 10.6 Å². The number of hydrogen-bond acceptors (Lipinski definition) is 3. The van der Waals surface area contributed by atoms with Crippen molar-refractivity contribution >= 4 is 5.96 Å². The first-order valence-corrected chi connectivity index (χ1v) is 8.06. The molecule has 2 aromatic rings. The molecule has 2 aromatic carbocycles. The van der Waals surface area contributed by atoms with Gasteiger partial charge in [0.2, 0.25) is 0 Å². The van der Waals surface area contributed by atoms with Gasteiger partial charge in [-0.25, -0.2) is 4.99 Å². The van der Waals surface area contributed by atoms with Crippen molar-refractivity contribution in [2.24, 2.45) is 4.99 Å². The molecule has 0 aliphatic rings. The maximum absolute atomic E-state index is 9.84. The van der Waals surface area contributed by atoms with Gasteiger partial charge in [-0.3, -0.25) is 0 Å². The van der Waals surface area contributed by atoms with E-state index in [2.05, 4.69) is 34.7 Å². The van der Waals surface area contributed by atoms with E-state index in [0.717, 1.165) is 18.1 Å². The molecule has 0 fully saturated rings. The Morgan fingerprint density at radius 1 is 1.17 bits per heavy atom. The number of guanidine groups is 1. The highest BCUT2D eigenvalue weighted by Crippen LogP contribution is 2.26. The van der Waals surface area contributed by atoms with Gasteiger partial charge in [-0.1, -0.05) is 30.3 Å². The van der Waals surface area contributed by atoms with Gasteiger partial charge in [-0.2, -0.15) is 0 Å². The zero-order valence-corrected chi connectivity index (χ0v) is 14.5. The molecule has 3 N–H and O–H groups in total. The van der Waals surface area contributed by atoms with E-state index in [0.29, 0.717) is 18.8 Å². The fourth-order valence-electron chi connectivity index (χ4n) is 2.33. The summed E-state index contributed by atoms with van der Waals surface area (Å²) in [5, 5.41) is 16.4. The molecular weight excluding hydrogens is 302 g/mol. The topological polar surface area (TPSA) is 65.9 Å². The van der Waals surface area contributed by atoms with Gasteiger partial charge in [-0.15, -0.1) is 0 Å². The Hall–Kier alpha value is -2.69. The summed E-state index contributed by atoms with van der Waals surface area (Å²) in [6.07, 6.45) is 0. The minimum Gasteiger partial charge on any atom is -0.504 e. The number of methoxy groups -OCH3 is 1. The number of benzene rings is 2. The van der Waals surface area contributed by atoms with Crippen LogP contribution in [0.15, 0.2) is 47.5 Å². The second-order valence-corrected chi connectivity index (χ2v) is 5.48. The van der Waals surface area contributed by atoms with E-state index < -0.39 is 0 Å². The molecule has 24 heavy (non-hydrogen) atoms. The van der Waals surface area contributed by atoms with Crippen LogP contribution >= 0.6 is 0 Å². The van der Waals surface area contributed by atoms with Crippen molar-refractivity contribution in [2.75, 3.05) is 13.7 Å². The Labute approximate surface area is 143 Å². The zero-order valence-electron chi connectivity index (χ0n) is 14.5. The lowest BCUT2D eigenvalue weighted by Crippen LogP contribution is -2.36. The normalized spacial score (nSPS) is 11.2. The predicted molar refractivity (Wildman–Crippen MR) is 97.5 cm³/mol. The highest BCUT2D eigenvalue weighted by atomic mass is 16.5. The Kier molecular flexibility index (Phi) is 6.49. The molecule has 0 radical (unpaired) electrons. The quantitative estimate of drug-likeness (QED) is 0.564. The Morgan fingerprint density at radius 2 is 1.96 bits per heavy atom. The average molecular weight is 327 g/mol. The van der Waals surface area contributed by atoms with Crippen LogP contribution in [-0.4, -0.2) is 24.7 Å². The number of nitrogens with zero attached hydrogens (tertiary/aromatic N) is 1. The Bertz CT molecular complexity index is 699. The monoisotopic (exact) mass is 327 g/mol. The summed E-state index contributed by atoms with van der Waals surface area (Å²) in [7, 11) is 1.53. The summed E-state index contributed by atoms with van der Waals surface area (Å²) in [6.45, 7) is 6.10. The smallest absolute Gasteiger partial charge is 0.191 e. The molecule has 0 saturated carbocycles. The van der Waals surface area contributed by atoms with Crippen LogP contribution in [0.4, 0.5) is 0 Å². The van der Waals surface area contributed by atoms with Crippen molar-refractivity contribution in [3.05, 3.63) is 59.2 Å². The maximum Gasteiger partial charge on any atom is 0.191 e. The highest BCUT2D eigenvalue weighted by Gasteiger charge is 2.04. The SMILES string of the molecule is CCNC(=NCc1ccc(OC)c(O)c1)NCc1ccccc1C. The zero-order chi connectivity index (χ0) is 17.4. The Morgan fingerprint density at radius 3 is 2.62 bits per heavy atom. The highest BCUT2D eigenvalue weighted by molar-refractivity contribution is 5.79. The predicted octanol–water partition coefficient (Wildman–Crippen LogP) is 2.96. The van der Waals surface area contributed by atoms with Crippen LogP contribution in [0.3, 0.4) is 0 Å². The first-order chi connectivity index (χ1) is 11.6. The van der Waals surface area contributed by atoms with E-state index in [1.807, 2.05) is 25.1 Å². The van der Waals surface area contributed by atoms with E-state index in [-0.39, 0.29) is 5.75 Å². The molecule has 0 unspecified atom stereocenters. The van der Waals surface area contributed by atoms with E-state index in [4.69, 9.17) is 4.74 Å². The van der Waals surface area contributed by atoms with Gasteiger partial charge in [0.05, 0.1) is 13.7 Å². The van der Waals surface area contributed by atoms with E-state index in [1.165, 1.54) is 18.2 Å². The number of phenolic OH excluding ortho intramolecular Hbond substituents is 1. The molecule has 128 valence electrons. The lowest BCUT2D eigenvalue weighted by atomic mass is 10.1. The number of aryl methyl sites for hydroxylation is 1. The average Bonchev–Trinajstić information content (AvgIpc) is 2.58. The molecule has 0 aromatic heterocycles. The fraction of sp³-hybridized carbons (Fsp3) is 0.316. The van der Waals surface area contributed by atoms with E-state index in [9.17, 15) is 5.11 Å². The number of aromatic hydroxyl groups is 1. The second-order valence-electron chi connectivity index (χ2n) is 5.48. The second kappa shape index (κ2) is 8.82. The first-order valence-electron chi connectivity index (χ1n) is 8.06. The third kappa shape index (κ3) is 4.91. The molecule has 0 atom stereocenters. The summed E-state index contributed by atoms with van der Waals surface area (Å²) in [6, 6.07) is 13.6. The molecule has 5 nitrogen and oxygen atoms in total. The van der Waals surface area contributed by atoms with Gasteiger partial charge in [0, 0.05) is 13.1 Å². The van der Waals surface area contributed by atoms with Crippen LogP contribution in [-0.2, 0) is 13.1 Å². The van der Waals surface area contributed by atoms with Crippen molar-refractivity contribution in [3.63, 3.8) is 0 Å². The van der Waals surface area contributed by atoms with Crippen LogP contribution in [0.5, 0.6) is 11.5 Å². The van der Waals surface area contributed by atoms with Gasteiger partial charge in [-0.05, 0) is 42.7 Å². The number of phenols is 1. The van der Waals surface area contributed by atoms with Crippen LogP contribution in [0.2, 0.25) is 0 Å². The van der Waals surface area contributed by atoms with Crippen molar-refractivity contribution in [1.29, 1.82) is 0 Å². The summed E-state index contributed by atoms with van der Waals surface area (Å²) in [4.78, 5) is 4.57. The molecule has 0 amide bonds. The molecular formula is C19H25N3O2. The molecule has 0 heterocycles. The standard InChI is InChI=1S/C19H25N3O2/c1-4-20-19(22-13-16-8-6-5-7-14(16)2)21-12-15-9-10-18(24-3)17(23)11-15/h5-11,23H,4,12-13H2,1-3H3,(H2,20,21,22). The van der Waals surface area contributed by atoms with E-state index in [1.54, 1.807) is 12.1 Å². The minimum atomic E-state index is 0.128. The number of rotatable bonds is 6. The number of hydrogen-bond donors (Lipinski definition) is 3. The molecule has 0 bridgehead atoms. The largest absolute Gasteiger partial charge is 0.504 e. The van der Waals surface area contributed by atoms with Crippen LogP contribution < -0.4 is 15.4 Å². The third-order valence-electron chi connectivity index (χ3n) is 3.71. The number of aliphatic imine (C=N–C) groups is 1. The van der Waals surface area contributed by atoms with Crippen molar-refractivity contribution in [2.45, 2.75) is 26.9 Å². The minimum absolute atomic E-state index is 0.128. The molecule has 2 rings (SSSR count). The van der Waals surface area contributed by atoms with Crippen LogP contribution in [0.25, 0.3) is 0 Å². The molecule has 0 aliphatic heterocycles. The summed E-state index contributed by atoms with van der Waals surface area (Å²) in [5.74, 6) is 1.34. The Balaban J connectivity index is 2.02. The van der Waals surface area contributed by atoms with Crippen molar-refractivity contribution in [3.8, 4) is 11.5 Å². The van der Waals surface area contributed by atoms with Gasteiger partial charge >= 0.3 is 0 Å². The third-order valence-corrected chi connectivity index (χ3v) is 3.71. The maximum atomic E-state index is 9.84. The molecule has 5 heteroatoms. The molecule has 0 aliphatic carbocycles. The first kappa shape index (κ1) is 17.7. The summed E-state index contributed by atoms with van der Waals surface area (Å²) < 4.78 is 5.05. The van der Waals surface area contributed by atoms with Crippen LogP contribution in [0, 0.1) is 6.92 Å². The van der Waals surface area contributed by atoms with Gasteiger partial charge < -0.3 is 20.5 Å². The van der Waals surface area contributed by atoms with E-state index >= 15 is 0 Å². The number of ether oxygens (including phenoxy) is 1. The number of nitrogens with one attached hydrogen (secondary N) is 2. The van der Waals surface area contributed by atoms with Crippen LogP contribution in [0.1, 0.15) is 23.6 Å². The van der Waals surface area contributed by atoms with Gasteiger partial charge in [0.25, 0.3) is 0 Å². The molecule has 0 saturated heterocycles. The summed E-state index contributed by atoms with van der Waals surface area (Å²) >= 11 is 0. The van der Waals surface area contributed by atoms with Crippen molar-refractivity contribution < 1.29 is 9.84 Å². The molecule has 0 spiro atoms. The lowest BCUT2D eigenvalue weighted by molar-refractivity contribution is 0.373.